The summed E-state index contributed by atoms with van der Waals surface area (Å²) in [5.41, 5.74) is 3.24. The Kier molecular flexibility index (Phi) is 14.0. The average Bonchev–Trinajstić information content (AvgIpc) is 1.77. The van der Waals surface area contributed by atoms with Crippen LogP contribution in [0.2, 0.25) is 0 Å². The van der Waals surface area contributed by atoms with E-state index in [0.717, 1.165) is 36.3 Å². The molecule has 8 aromatic carbocycles. The van der Waals surface area contributed by atoms with Gasteiger partial charge in [0.15, 0.2) is 0 Å². The van der Waals surface area contributed by atoms with Crippen molar-refractivity contribution in [2.75, 3.05) is 14.7 Å². The summed E-state index contributed by atoms with van der Waals surface area (Å²) in [6.45, 7) is 23.9. The van der Waals surface area contributed by atoms with Gasteiger partial charge in [0.2, 0.25) is 0 Å². The SMILES string of the molecule is CC(C)(C)Oc1ccc2c(c1)C(=O)N(c1cccc(N3C(=O)c4ccc(Oc5cc(C(C)(C)C)c(Oc6ccc7c(c6)C(=O)N(c6cccc(CN8C(=O)c9ccc(Oc%10cccc(C(C)(C)C)c%10)cc9C8=O)c6)C7=O)cc5C(C)(C)C)cc4C3=O)c1)C2=O. The summed E-state index contributed by atoms with van der Waals surface area (Å²) in [5, 5.41) is 0. The molecule has 4 aliphatic heterocycles. The molecule has 16 heteroatoms. The monoisotopic (exact) mass is 1190 g/mol. The van der Waals surface area contributed by atoms with Crippen LogP contribution in [0.5, 0.6) is 40.2 Å². The van der Waals surface area contributed by atoms with Crippen LogP contribution in [0.4, 0.5) is 17.1 Å². The van der Waals surface area contributed by atoms with Gasteiger partial charge in [-0.15, -0.1) is 0 Å². The van der Waals surface area contributed by atoms with Crippen molar-refractivity contribution in [1.29, 1.82) is 0 Å². The van der Waals surface area contributed by atoms with Crippen molar-refractivity contribution < 1.29 is 57.3 Å². The zero-order valence-electron chi connectivity index (χ0n) is 51.4. The fourth-order valence-corrected chi connectivity index (χ4v) is 11.4. The molecule has 89 heavy (non-hydrogen) atoms. The number of hydrogen-bond donors (Lipinski definition) is 0. The largest absolute Gasteiger partial charge is 0.488 e. The number of benzene rings is 8. The Morgan fingerprint density at radius 2 is 0.674 bits per heavy atom. The molecule has 16 nitrogen and oxygen atoms in total. The molecule has 12 rings (SSSR count). The van der Waals surface area contributed by atoms with E-state index in [1.165, 1.54) is 24.3 Å². The number of ether oxygens (including phenoxy) is 4. The van der Waals surface area contributed by atoms with E-state index in [2.05, 4.69) is 20.8 Å². The zero-order chi connectivity index (χ0) is 63.6. The molecular weight excluding hydrogens is 1120 g/mol. The fourth-order valence-electron chi connectivity index (χ4n) is 11.4. The number of carbonyl (C=O) groups is 8. The summed E-state index contributed by atoms with van der Waals surface area (Å²) in [7, 11) is 0. The second kappa shape index (κ2) is 21.1. The standard InChI is InChI=1S/C73H64N4O12/c1-70(2,3)41-17-14-21-45(31-41)86-46-22-26-50-54(33-46)63(79)74(62(50)78)39-40-16-13-18-42(30-40)75-64(80)51-27-23-47(34-55(51)67(75)83)87-60-37-59(72(7,8)9)61(38-58(60)71(4,5)6)88-48-24-28-52-56(35-48)68(84)76(65(52)81)43-19-15-20-44(32-43)77-66(82)53-29-25-49(89-73(10,11)12)36-57(53)69(77)85/h13-38H,39H2,1-12H3. The highest BCUT2D eigenvalue weighted by atomic mass is 16.5. The molecule has 0 aromatic heterocycles. The molecular formula is C73H64N4O12. The molecule has 0 N–H and O–H groups in total. The number of amides is 8. The van der Waals surface area contributed by atoms with Crippen molar-refractivity contribution in [2.45, 2.75) is 111 Å². The van der Waals surface area contributed by atoms with Crippen LogP contribution in [0, 0.1) is 0 Å². The van der Waals surface area contributed by atoms with Crippen LogP contribution < -0.4 is 33.6 Å². The predicted octanol–water partition coefficient (Wildman–Crippen LogP) is 15.3. The normalized spacial score (nSPS) is 14.9. The van der Waals surface area contributed by atoms with Crippen molar-refractivity contribution in [3.63, 3.8) is 0 Å². The molecule has 448 valence electrons. The lowest BCUT2D eigenvalue weighted by Crippen LogP contribution is -2.31. The molecule has 0 atom stereocenters. The van der Waals surface area contributed by atoms with Crippen LogP contribution >= 0.6 is 0 Å². The lowest BCUT2D eigenvalue weighted by atomic mass is 9.81. The topological polar surface area (TPSA) is 186 Å². The second-order valence-electron chi connectivity index (χ2n) is 26.7. The van der Waals surface area contributed by atoms with Crippen LogP contribution in [-0.4, -0.2) is 57.8 Å². The van der Waals surface area contributed by atoms with Gasteiger partial charge in [-0.25, -0.2) is 14.7 Å². The van der Waals surface area contributed by atoms with E-state index in [9.17, 15) is 38.4 Å². The minimum Gasteiger partial charge on any atom is -0.488 e. The second-order valence-corrected chi connectivity index (χ2v) is 26.7. The lowest BCUT2D eigenvalue weighted by Gasteiger charge is -2.29. The highest BCUT2D eigenvalue weighted by molar-refractivity contribution is 6.37. The highest BCUT2D eigenvalue weighted by Crippen LogP contribution is 2.46. The van der Waals surface area contributed by atoms with E-state index in [1.54, 1.807) is 97.1 Å². The number of anilines is 3. The van der Waals surface area contributed by atoms with Gasteiger partial charge in [0.05, 0.1) is 68.1 Å². The molecule has 8 amide bonds. The molecule has 4 aliphatic rings. The maximum Gasteiger partial charge on any atom is 0.266 e. The first-order valence-electron chi connectivity index (χ1n) is 29.2. The summed E-state index contributed by atoms with van der Waals surface area (Å²) in [6, 6.07) is 43.2. The molecule has 0 bridgehead atoms. The average molecular weight is 1190 g/mol. The minimum atomic E-state index is -0.625. The Bertz CT molecular complexity index is 4440. The molecule has 0 saturated carbocycles. The Morgan fingerprint density at radius 1 is 0.315 bits per heavy atom. The van der Waals surface area contributed by atoms with Gasteiger partial charge in [0, 0.05) is 11.1 Å². The van der Waals surface area contributed by atoms with Gasteiger partial charge in [-0.1, -0.05) is 92.6 Å². The van der Waals surface area contributed by atoms with Gasteiger partial charge in [-0.3, -0.25) is 43.3 Å². The third kappa shape index (κ3) is 10.8. The number of nitrogens with zero attached hydrogens (tertiary/aromatic N) is 4. The van der Waals surface area contributed by atoms with Gasteiger partial charge < -0.3 is 18.9 Å². The zero-order valence-corrected chi connectivity index (χ0v) is 51.4. The predicted molar refractivity (Wildman–Crippen MR) is 336 cm³/mol. The molecule has 8 aromatic rings. The minimum absolute atomic E-state index is 0.0927. The summed E-state index contributed by atoms with van der Waals surface area (Å²) < 4.78 is 25.5. The van der Waals surface area contributed by atoms with Gasteiger partial charge in [0.25, 0.3) is 47.3 Å². The molecule has 0 unspecified atom stereocenters. The maximum atomic E-state index is 14.4. The number of hydrogen-bond acceptors (Lipinski definition) is 12. The Hall–Kier alpha value is -10.5. The third-order valence-electron chi connectivity index (χ3n) is 15.9. The molecule has 0 spiro atoms. The lowest BCUT2D eigenvalue weighted by molar-refractivity contribution is 0.0639. The van der Waals surface area contributed by atoms with Crippen molar-refractivity contribution in [3.05, 3.63) is 224 Å². The van der Waals surface area contributed by atoms with Crippen LogP contribution in [0.1, 0.15) is 188 Å². The quantitative estimate of drug-likeness (QED) is 0.106. The van der Waals surface area contributed by atoms with Gasteiger partial charge in [0.1, 0.15) is 45.8 Å². The summed E-state index contributed by atoms with van der Waals surface area (Å²) in [6.07, 6.45) is 0. The van der Waals surface area contributed by atoms with Crippen LogP contribution in [-0.2, 0) is 22.8 Å². The van der Waals surface area contributed by atoms with Crippen molar-refractivity contribution in [3.8, 4) is 40.2 Å². The molecule has 0 fully saturated rings. The van der Waals surface area contributed by atoms with E-state index < -0.39 is 63.7 Å². The van der Waals surface area contributed by atoms with Crippen molar-refractivity contribution in [2.24, 2.45) is 0 Å². The van der Waals surface area contributed by atoms with Crippen LogP contribution in [0.3, 0.4) is 0 Å². The third-order valence-corrected chi connectivity index (χ3v) is 15.9. The van der Waals surface area contributed by atoms with E-state index in [0.29, 0.717) is 34.3 Å². The number of rotatable bonds is 12. The van der Waals surface area contributed by atoms with Gasteiger partial charge in [-0.05, 0) is 176 Å². The van der Waals surface area contributed by atoms with E-state index in [1.807, 2.05) is 98.7 Å². The van der Waals surface area contributed by atoms with Gasteiger partial charge in [-0.2, -0.15) is 0 Å². The Balaban J connectivity index is 0.756. The van der Waals surface area contributed by atoms with Crippen LogP contribution in [0.25, 0.3) is 0 Å². The molecule has 0 radical (unpaired) electrons. The first-order valence-corrected chi connectivity index (χ1v) is 29.2. The molecule has 4 heterocycles. The highest BCUT2D eigenvalue weighted by Gasteiger charge is 2.42. The van der Waals surface area contributed by atoms with E-state index in [-0.39, 0.29) is 85.0 Å². The number of imide groups is 4. The summed E-state index contributed by atoms with van der Waals surface area (Å²) >= 11 is 0. The number of fused-ring (bicyclic) bond motifs is 4. The molecule has 0 saturated heterocycles. The smallest absolute Gasteiger partial charge is 0.266 e. The fraction of sp³-hybridized carbons (Fsp3) is 0.233. The Morgan fingerprint density at radius 3 is 1.12 bits per heavy atom. The maximum absolute atomic E-state index is 14.4. The van der Waals surface area contributed by atoms with Crippen molar-refractivity contribution >= 4 is 64.3 Å². The van der Waals surface area contributed by atoms with Gasteiger partial charge >= 0.3 is 0 Å². The van der Waals surface area contributed by atoms with E-state index in [4.69, 9.17) is 18.9 Å². The number of carbonyl (C=O) groups excluding carboxylic acids is 8. The molecule has 0 aliphatic carbocycles. The van der Waals surface area contributed by atoms with Crippen LogP contribution in [0.15, 0.2) is 158 Å². The Labute approximate surface area is 515 Å². The van der Waals surface area contributed by atoms with E-state index >= 15 is 0 Å². The van der Waals surface area contributed by atoms with Crippen molar-refractivity contribution in [1.82, 2.24) is 4.90 Å². The summed E-state index contributed by atoms with van der Waals surface area (Å²) in [4.78, 5) is 116. The first kappa shape index (κ1) is 58.9. The summed E-state index contributed by atoms with van der Waals surface area (Å²) in [5.74, 6) is -1.51. The first-order chi connectivity index (χ1) is 41.9.